The molecular formula is C15H17N3S. The first-order valence-electron chi connectivity index (χ1n) is 6.53. The Balaban J connectivity index is 1.85. The lowest BCUT2D eigenvalue weighted by molar-refractivity contribution is 0.736. The molecule has 2 N–H and O–H groups in total. The Morgan fingerprint density at radius 2 is 2.11 bits per heavy atom. The Kier molecular flexibility index (Phi) is 3.36. The van der Waals surface area contributed by atoms with Gasteiger partial charge in [-0.05, 0) is 30.7 Å². The van der Waals surface area contributed by atoms with Crippen molar-refractivity contribution in [1.82, 2.24) is 9.61 Å². The molecule has 0 aliphatic heterocycles. The monoisotopic (exact) mass is 271 g/mol. The third kappa shape index (κ3) is 2.41. The van der Waals surface area contributed by atoms with E-state index < -0.39 is 0 Å². The summed E-state index contributed by atoms with van der Waals surface area (Å²) in [5.74, 6) is 0. The van der Waals surface area contributed by atoms with E-state index >= 15 is 0 Å². The summed E-state index contributed by atoms with van der Waals surface area (Å²) in [6.07, 6.45) is 5.80. The van der Waals surface area contributed by atoms with Crippen LogP contribution in [0, 0.1) is 0 Å². The maximum atomic E-state index is 6.34. The SMILES string of the molecule is CCc1ccc(CC(N)c2cnn3ccccc23)s1. The second-order valence-corrected chi connectivity index (χ2v) is 5.92. The van der Waals surface area contributed by atoms with E-state index in [4.69, 9.17) is 5.73 Å². The molecule has 4 heteroatoms. The van der Waals surface area contributed by atoms with Crippen molar-refractivity contribution in [3.8, 4) is 0 Å². The van der Waals surface area contributed by atoms with Gasteiger partial charge < -0.3 is 5.73 Å². The molecule has 3 aromatic heterocycles. The Labute approximate surface area is 116 Å². The summed E-state index contributed by atoms with van der Waals surface area (Å²) in [5, 5.41) is 4.34. The van der Waals surface area contributed by atoms with Gasteiger partial charge in [0.1, 0.15) is 0 Å². The van der Waals surface area contributed by atoms with E-state index in [2.05, 4.69) is 30.2 Å². The molecule has 0 aliphatic rings. The van der Waals surface area contributed by atoms with Crippen LogP contribution in [0.4, 0.5) is 0 Å². The number of fused-ring (bicyclic) bond motifs is 1. The molecular weight excluding hydrogens is 254 g/mol. The molecule has 0 fully saturated rings. The summed E-state index contributed by atoms with van der Waals surface area (Å²) >= 11 is 1.86. The van der Waals surface area contributed by atoms with Crippen molar-refractivity contribution in [2.75, 3.05) is 0 Å². The number of nitrogens with zero attached hydrogens (tertiary/aromatic N) is 2. The molecule has 3 heterocycles. The summed E-state index contributed by atoms with van der Waals surface area (Å²) in [6.45, 7) is 2.18. The molecule has 0 saturated heterocycles. The molecule has 0 radical (unpaired) electrons. The molecule has 98 valence electrons. The van der Waals surface area contributed by atoms with Gasteiger partial charge in [0.05, 0.1) is 11.7 Å². The Hall–Kier alpha value is -1.65. The molecule has 0 aromatic carbocycles. The van der Waals surface area contributed by atoms with Gasteiger partial charge in [0.25, 0.3) is 0 Å². The van der Waals surface area contributed by atoms with Gasteiger partial charge in [-0.25, -0.2) is 4.52 Å². The van der Waals surface area contributed by atoms with E-state index in [-0.39, 0.29) is 6.04 Å². The van der Waals surface area contributed by atoms with E-state index in [0.717, 1.165) is 23.9 Å². The molecule has 3 nitrogen and oxygen atoms in total. The van der Waals surface area contributed by atoms with Gasteiger partial charge in [0, 0.05) is 34.0 Å². The number of aryl methyl sites for hydroxylation is 1. The minimum Gasteiger partial charge on any atom is -0.324 e. The minimum absolute atomic E-state index is 0.00301. The van der Waals surface area contributed by atoms with Crippen LogP contribution in [-0.4, -0.2) is 9.61 Å². The van der Waals surface area contributed by atoms with Crippen LogP contribution in [0.2, 0.25) is 0 Å². The summed E-state index contributed by atoms with van der Waals surface area (Å²) in [5.41, 5.74) is 8.56. The van der Waals surface area contributed by atoms with Crippen molar-refractivity contribution in [2.24, 2.45) is 5.73 Å². The first kappa shape index (κ1) is 12.4. The molecule has 3 aromatic rings. The highest BCUT2D eigenvalue weighted by Crippen LogP contribution is 2.25. The van der Waals surface area contributed by atoms with Gasteiger partial charge in [0.15, 0.2) is 0 Å². The van der Waals surface area contributed by atoms with Gasteiger partial charge in [-0.2, -0.15) is 5.10 Å². The van der Waals surface area contributed by atoms with Crippen LogP contribution in [-0.2, 0) is 12.8 Å². The highest BCUT2D eigenvalue weighted by Gasteiger charge is 2.13. The van der Waals surface area contributed by atoms with E-state index in [1.54, 1.807) is 0 Å². The van der Waals surface area contributed by atoms with Crippen molar-refractivity contribution in [3.05, 3.63) is 58.0 Å². The zero-order valence-corrected chi connectivity index (χ0v) is 11.7. The zero-order chi connectivity index (χ0) is 13.2. The quantitative estimate of drug-likeness (QED) is 0.792. The van der Waals surface area contributed by atoms with Gasteiger partial charge in [-0.1, -0.05) is 13.0 Å². The summed E-state index contributed by atoms with van der Waals surface area (Å²) < 4.78 is 1.88. The summed E-state index contributed by atoms with van der Waals surface area (Å²) in [4.78, 5) is 2.77. The first-order chi connectivity index (χ1) is 9.28. The van der Waals surface area contributed by atoms with Crippen LogP contribution >= 0.6 is 11.3 Å². The number of pyridine rings is 1. The van der Waals surface area contributed by atoms with E-state index in [1.165, 1.54) is 9.75 Å². The lowest BCUT2D eigenvalue weighted by Crippen LogP contribution is -2.12. The summed E-state index contributed by atoms with van der Waals surface area (Å²) in [6, 6.07) is 10.4. The highest BCUT2D eigenvalue weighted by atomic mass is 32.1. The average molecular weight is 271 g/mol. The van der Waals surface area contributed by atoms with Gasteiger partial charge >= 0.3 is 0 Å². The predicted molar refractivity (Wildman–Crippen MR) is 79.5 cm³/mol. The van der Waals surface area contributed by atoms with Crippen molar-refractivity contribution in [3.63, 3.8) is 0 Å². The standard InChI is InChI=1S/C15H17N3S/c1-2-11-6-7-12(19-11)9-14(16)13-10-17-18-8-4-3-5-15(13)18/h3-8,10,14H,2,9,16H2,1H3. The van der Waals surface area contributed by atoms with Crippen molar-refractivity contribution in [2.45, 2.75) is 25.8 Å². The maximum absolute atomic E-state index is 6.34. The molecule has 1 unspecified atom stereocenters. The Bertz CT molecular complexity index is 683. The third-order valence-electron chi connectivity index (χ3n) is 3.34. The van der Waals surface area contributed by atoms with Crippen molar-refractivity contribution < 1.29 is 0 Å². The number of hydrogen-bond donors (Lipinski definition) is 1. The van der Waals surface area contributed by atoms with E-state index in [9.17, 15) is 0 Å². The Morgan fingerprint density at radius 1 is 1.26 bits per heavy atom. The maximum Gasteiger partial charge on any atom is 0.0709 e. The number of nitrogens with two attached hydrogens (primary N) is 1. The highest BCUT2D eigenvalue weighted by molar-refractivity contribution is 7.11. The number of rotatable bonds is 4. The molecule has 3 rings (SSSR count). The first-order valence-corrected chi connectivity index (χ1v) is 7.35. The topological polar surface area (TPSA) is 43.3 Å². The van der Waals surface area contributed by atoms with Crippen LogP contribution in [0.5, 0.6) is 0 Å². The molecule has 0 aliphatic carbocycles. The van der Waals surface area contributed by atoms with Crippen LogP contribution in [0.25, 0.3) is 5.52 Å². The fraction of sp³-hybridized carbons (Fsp3) is 0.267. The van der Waals surface area contributed by atoms with Gasteiger partial charge in [-0.15, -0.1) is 11.3 Å². The van der Waals surface area contributed by atoms with Crippen LogP contribution < -0.4 is 5.73 Å². The fourth-order valence-electron chi connectivity index (χ4n) is 2.29. The lowest BCUT2D eigenvalue weighted by Gasteiger charge is -2.08. The number of hydrogen-bond acceptors (Lipinski definition) is 3. The molecule has 19 heavy (non-hydrogen) atoms. The second-order valence-electron chi connectivity index (χ2n) is 4.66. The second kappa shape index (κ2) is 5.15. The lowest BCUT2D eigenvalue weighted by atomic mass is 10.1. The van der Waals surface area contributed by atoms with E-state index in [1.807, 2.05) is 40.4 Å². The van der Waals surface area contributed by atoms with Crippen LogP contribution in [0.1, 0.15) is 28.3 Å². The molecule has 0 bridgehead atoms. The van der Waals surface area contributed by atoms with E-state index in [0.29, 0.717) is 0 Å². The number of thiophene rings is 1. The zero-order valence-electron chi connectivity index (χ0n) is 10.9. The Morgan fingerprint density at radius 3 is 2.89 bits per heavy atom. The molecule has 0 spiro atoms. The smallest absolute Gasteiger partial charge is 0.0709 e. The fourth-order valence-corrected chi connectivity index (χ4v) is 3.30. The number of aromatic nitrogens is 2. The molecule has 1 atom stereocenters. The normalized spacial score (nSPS) is 12.9. The summed E-state index contributed by atoms with van der Waals surface area (Å²) in [7, 11) is 0. The average Bonchev–Trinajstić information content (AvgIpc) is 3.04. The van der Waals surface area contributed by atoms with Gasteiger partial charge in [0.2, 0.25) is 0 Å². The molecule has 0 saturated carbocycles. The van der Waals surface area contributed by atoms with Crippen molar-refractivity contribution in [1.29, 1.82) is 0 Å². The molecule has 0 amide bonds. The predicted octanol–water partition coefficient (Wildman–Crippen LogP) is 3.20. The van der Waals surface area contributed by atoms with Gasteiger partial charge in [-0.3, -0.25) is 0 Å². The minimum atomic E-state index is 0.00301. The largest absolute Gasteiger partial charge is 0.324 e. The van der Waals surface area contributed by atoms with Crippen LogP contribution in [0.3, 0.4) is 0 Å². The van der Waals surface area contributed by atoms with Crippen LogP contribution in [0.15, 0.2) is 42.7 Å². The third-order valence-corrected chi connectivity index (χ3v) is 4.59. The van der Waals surface area contributed by atoms with Crippen molar-refractivity contribution >= 4 is 16.9 Å².